The Morgan fingerprint density at radius 1 is 1.53 bits per heavy atom. The lowest BCUT2D eigenvalue weighted by Crippen LogP contribution is -2.59. The summed E-state index contributed by atoms with van der Waals surface area (Å²) in [4.78, 5) is 11.8. The number of nitrogens with two attached hydrogens (primary N) is 1. The van der Waals surface area contributed by atoms with E-state index in [1.54, 1.807) is 0 Å². The highest BCUT2D eigenvalue weighted by molar-refractivity contribution is 7.99. The van der Waals surface area contributed by atoms with Gasteiger partial charge in [-0.3, -0.25) is 4.79 Å². The summed E-state index contributed by atoms with van der Waals surface area (Å²) in [6.45, 7) is 7.40. The average Bonchev–Trinajstić information content (AvgIpc) is 3.06. The molecule has 3 nitrogen and oxygen atoms in total. The minimum absolute atomic E-state index is 0.162. The molecule has 0 aliphatic heterocycles. The van der Waals surface area contributed by atoms with Gasteiger partial charge in [0.2, 0.25) is 5.91 Å². The third-order valence-corrected chi connectivity index (χ3v) is 4.75. The topological polar surface area (TPSA) is 55.1 Å². The number of carbonyl (C=O) groups excluding carboxylic acids is 1. The predicted molar refractivity (Wildman–Crippen MR) is 75.1 cm³/mol. The molecule has 17 heavy (non-hydrogen) atoms. The highest BCUT2D eigenvalue weighted by atomic mass is 32.2. The minimum Gasteiger partial charge on any atom is -0.368 e. The molecular weight excluding hydrogens is 232 g/mol. The first-order chi connectivity index (χ1) is 8.03. The summed E-state index contributed by atoms with van der Waals surface area (Å²) < 4.78 is 0. The first-order valence-corrected chi connectivity index (χ1v) is 7.81. The molecule has 0 aromatic rings. The number of nitrogens with one attached hydrogen (secondary N) is 1. The fourth-order valence-corrected chi connectivity index (χ4v) is 3.44. The van der Waals surface area contributed by atoms with Crippen molar-refractivity contribution in [3.05, 3.63) is 0 Å². The van der Waals surface area contributed by atoms with Crippen molar-refractivity contribution in [1.29, 1.82) is 0 Å². The van der Waals surface area contributed by atoms with Gasteiger partial charge in [0, 0.05) is 5.75 Å². The summed E-state index contributed by atoms with van der Waals surface area (Å²) in [6.07, 6.45) is 3.32. The van der Waals surface area contributed by atoms with Crippen LogP contribution in [0.15, 0.2) is 0 Å². The average molecular weight is 258 g/mol. The number of carbonyl (C=O) groups is 1. The molecule has 0 heterocycles. The number of hydrogen-bond acceptors (Lipinski definition) is 3. The largest absolute Gasteiger partial charge is 0.368 e. The highest BCUT2D eigenvalue weighted by Crippen LogP contribution is 2.41. The molecule has 1 rings (SSSR count). The molecule has 1 fully saturated rings. The van der Waals surface area contributed by atoms with E-state index in [1.807, 2.05) is 11.8 Å². The van der Waals surface area contributed by atoms with Crippen molar-refractivity contribution in [3.8, 4) is 0 Å². The molecule has 0 aromatic carbocycles. The van der Waals surface area contributed by atoms with Crippen LogP contribution in [0, 0.1) is 11.8 Å². The molecule has 1 amide bonds. The van der Waals surface area contributed by atoms with Gasteiger partial charge >= 0.3 is 0 Å². The second-order valence-corrected chi connectivity index (χ2v) is 6.48. The van der Waals surface area contributed by atoms with Gasteiger partial charge in [-0.1, -0.05) is 20.8 Å². The Kier molecular flexibility index (Phi) is 5.80. The first kappa shape index (κ1) is 14.8. The van der Waals surface area contributed by atoms with Crippen molar-refractivity contribution in [2.24, 2.45) is 17.6 Å². The van der Waals surface area contributed by atoms with E-state index in [4.69, 9.17) is 5.73 Å². The van der Waals surface area contributed by atoms with E-state index in [-0.39, 0.29) is 5.91 Å². The molecule has 0 aromatic heterocycles. The fraction of sp³-hybridized carbons (Fsp3) is 0.923. The van der Waals surface area contributed by atoms with Gasteiger partial charge in [-0.2, -0.15) is 11.8 Å². The third-order valence-electron chi connectivity index (χ3n) is 3.19. The van der Waals surface area contributed by atoms with Crippen LogP contribution in [0.3, 0.4) is 0 Å². The molecule has 1 atom stereocenters. The number of amides is 1. The van der Waals surface area contributed by atoms with E-state index >= 15 is 0 Å². The lowest BCUT2D eigenvalue weighted by Gasteiger charge is -2.32. The Morgan fingerprint density at radius 2 is 2.18 bits per heavy atom. The Labute approximate surface area is 109 Å². The SMILES string of the molecule is CCCNC(CSCC(C)C)(C(N)=O)C1CC1. The van der Waals surface area contributed by atoms with Gasteiger partial charge in [-0.15, -0.1) is 0 Å². The highest BCUT2D eigenvalue weighted by Gasteiger charge is 2.49. The molecule has 1 unspecified atom stereocenters. The quantitative estimate of drug-likeness (QED) is 0.665. The molecule has 0 radical (unpaired) electrons. The summed E-state index contributed by atoms with van der Waals surface area (Å²) in [5, 5.41) is 3.42. The summed E-state index contributed by atoms with van der Waals surface area (Å²) in [7, 11) is 0. The van der Waals surface area contributed by atoms with Gasteiger partial charge in [-0.05, 0) is 43.4 Å². The van der Waals surface area contributed by atoms with Crippen LogP contribution in [-0.2, 0) is 4.79 Å². The van der Waals surface area contributed by atoms with Crippen molar-refractivity contribution in [2.45, 2.75) is 45.6 Å². The lowest BCUT2D eigenvalue weighted by molar-refractivity contribution is -0.124. The standard InChI is InChI=1S/C13H26N2OS/c1-4-7-15-13(12(14)16,11-5-6-11)9-17-8-10(2)3/h10-11,15H,4-9H2,1-3H3,(H2,14,16). The van der Waals surface area contributed by atoms with Crippen LogP contribution in [0.5, 0.6) is 0 Å². The van der Waals surface area contributed by atoms with Crippen molar-refractivity contribution in [2.75, 3.05) is 18.1 Å². The van der Waals surface area contributed by atoms with Gasteiger partial charge in [0.05, 0.1) is 0 Å². The van der Waals surface area contributed by atoms with E-state index in [2.05, 4.69) is 26.1 Å². The van der Waals surface area contributed by atoms with Crippen LogP contribution in [0.4, 0.5) is 0 Å². The molecular formula is C13H26N2OS. The maximum Gasteiger partial charge on any atom is 0.238 e. The van der Waals surface area contributed by atoms with Crippen molar-refractivity contribution < 1.29 is 4.79 Å². The van der Waals surface area contributed by atoms with E-state index in [1.165, 1.54) is 0 Å². The van der Waals surface area contributed by atoms with E-state index in [9.17, 15) is 4.79 Å². The maximum absolute atomic E-state index is 11.8. The van der Waals surface area contributed by atoms with Gasteiger partial charge in [0.1, 0.15) is 5.54 Å². The van der Waals surface area contributed by atoms with Crippen LogP contribution < -0.4 is 11.1 Å². The molecule has 0 saturated heterocycles. The Balaban J connectivity index is 2.58. The molecule has 1 saturated carbocycles. The molecule has 0 spiro atoms. The Hall–Kier alpha value is -0.220. The zero-order valence-corrected chi connectivity index (χ0v) is 12.1. The summed E-state index contributed by atoms with van der Waals surface area (Å²) in [6, 6.07) is 0. The predicted octanol–water partition coefficient (Wildman–Crippen LogP) is 2.01. The lowest BCUT2D eigenvalue weighted by atomic mass is 9.94. The van der Waals surface area contributed by atoms with Gasteiger partial charge in [0.15, 0.2) is 0 Å². The van der Waals surface area contributed by atoms with Gasteiger partial charge in [0.25, 0.3) is 0 Å². The number of hydrogen-bond donors (Lipinski definition) is 2. The number of rotatable bonds is 9. The number of thioether (sulfide) groups is 1. The van der Waals surface area contributed by atoms with Crippen LogP contribution in [0.2, 0.25) is 0 Å². The zero-order chi connectivity index (χ0) is 12.9. The molecule has 0 bridgehead atoms. The summed E-state index contributed by atoms with van der Waals surface area (Å²) in [5.41, 5.74) is 5.21. The monoisotopic (exact) mass is 258 g/mol. The second kappa shape index (κ2) is 6.64. The van der Waals surface area contributed by atoms with Gasteiger partial charge < -0.3 is 11.1 Å². The van der Waals surface area contributed by atoms with Crippen molar-refractivity contribution >= 4 is 17.7 Å². The van der Waals surface area contributed by atoms with Gasteiger partial charge in [-0.25, -0.2) is 0 Å². The second-order valence-electron chi connectivity index (χ2n) is 5.45. The fourth-order valence-electron chi connectivity index (χ4n) is 2.05. The summed E-state index contributed by atoms with van der Waals surface area (Å²) >= 11 is 1.85. The van der Waals surface area contributed by atoms with Crippen molar-refractivity contribution in [3.63, 3.8) is 0 Å². The smallest absolute Gasteiger partial charge is 0.238 e. The molecule has 100 valence electrons. The first-order valence-electron chi connectivity index (χ1n) is 6.65. The molecule has 1 aliphatic rings. The Bertz CT molecular complexity index is 254. The molecule has 4 heteroatoms. The van der Waals surface area contributed by atoms with E-state index in [0.29, 0.717) is 11.8 Å². The Morgan fingerprint density at radius 3 is 2.59 bits per heavy atom. The maximum atomic E-state index is 11.8. The summed E-state index contributed by atoms with van der Waals surface area (Å²) in [5.74, 6) is 2.88. The molecule has 3 N–H and O–H groups in total. The van der Waals surface area contributed by atoms with Crippen molar-refractivity contribution in [1.82, 2.24) is 5.32 Å². The van der Waals surface area contributed by atoms with E-state index < -0.39 is 5.54 Å². The third kappa shape index (κ3) is 4.18. The minimum atomic E-state index is -0.449. The van der Waals surface area contributed by atoms with Crippen LogP contribution in [-0.4, -0.2) is 29.5 Å². The number of primary amides is 1. The van der Waals surface area contributed by atoms with Crippen LogP contribution in [0.25, 0.3) is 0 Å². The van der Waals surface area contributed by atoms with E-state index in [0.717, 1.165) is 37.3 Å². The van der Waals surface area contributed by atoms with Crippen LogP contribution in [0.1, 0.15) is 40.0 Å². The zero-order valence-electron chi connectivity index (χ0n) is 11.3. The normalized spacial score (nSPS) is 19.3. The molecule has 1 aliphatic carbocycles. The van der Waals surface area contributed by atoms with Crippen LogP contribution >= 0.6 is 11.8 Å².